The zero-order valence-corrected chi connectivity index (χ0v) is 11.6. The number of sulfonamides is 1. The van der Waals surface area contributed by atoms with Crippen LogP contribution in [0.4, 0.5) is 13.2 Å². The van der Waals surface area contributed by atoms with E-state index in [4.69, 9.17) is 16.7 Å². The molecule has 112 valence electrons. The summed E-state index contributed by atoms with van der Waals surface area (Å²) in [6.07, 6.45) is -5.20. The Balaban J connectivity index is 2.33. The van der Waals surface area contributed by atoms with Gasteiger partial charge in [-0.25, -0.2) is 8.42 Å². The molecular formula is C11H11ClF3NO3S. The highest BCUT2D eigenvalue weighted by Crippen LogP contribution is 2.49. The third-order valence-electron chi connectivity index (χ3n) is 3.12. The van der Waals surface area contributed by atoms with Crippen molar-refractivity contribution in [2.45, 2.75) is 36.1 Å². The lowest BCUT2D eigenvalue weighted by Gasteiger charge is -2.20. The Labute approximate surface area is 118 Å². The normalized spacial score (nSPS) is 18.1. The van der Waals surface area contributed by atoms with Crippen molar-refractivity contribution in [2.75, 3.05) is 0 Å². The number of aliphatic hydroxyl groups excluding tert-OH is 1. The fraction of sp³-hybridized carbons (Fsp3) is 0.455. The average molecular weight is 330 g/mol. The molecule has 1 aromatic carbocycles. The molecule has 9 heteroatoms. The van der Waals surface area contributed by atoms with E-state index in [-0.39, 0.29) is 28.3 Å². The van der Waals surface area contributed by atoms with Crippen molar-refractivity contribution < 1.29 is 26.7 Å². The van der Waals surface area contributed by atoms with Crippen molar-refractivity contribution in [2.24, 2.45) is 0 Å². The smallest absolute Gasteiger partial charge is 0.392 e. The van der Waals surface area contributed by atoms with E-state index in [1.807, 2.05) is 0 Å². The van der Waals surface area contributed by atoms with E-state index in [1.54, 1.807) is 4.72 Å². The van der Waals surface area contributed by atoms with Crippen LogP contribution in [0.25, 0.3) is 0 Å². The minimum absolute atomic E-state index is 0.131. The molecule has 1 saturated carbocycles. The van der Waals surface area contributed by atoms with Gasteiger partial charge < -0.3 is 5.11 Å². The van der Waals surface area contributed by atoms with Gasteiger partial charge in [0.05, 0.1) is 11.5 Å². The summed E-state index contributed by atoms with van der Waals surface area (Å²) in [5, 5.41) is 9.15. The molecule has 20 heavy (non-hydrogen) atoms. The van der Waals surface area contributed by atoms with E-state index in [0.717, 1.165) is 12.1 Å². The molecule has 0 heterocycles. The first-order valence-corrected chi connectivity index (χ1v) is 7.47. The second-order valence-electron chi connectivity index (χ2n) is 4.60. The Morgan fingerprint density at radius 3 is 2.40 bits per heavy atom. The van der Waals surface area contributed by atoms with Crippen LogP contribution < -0.4 is 4.72 Å². The van der Waals surface area contributed by atoms with Gasteiger partial charge in [0.15, 0.2) is 0 Å². The monoisotopic (exact) mass is 329 g/mol. The van der Waals surface area contributed by atoms with Crippen LogP contribution in [-0.4, -0.2) is 25.2 Å². The Hall–Kier alpha value is -0.830. The van der Waals surface area contributed by atoms with E-state index < -0.39 is 28.3 Å². The number of rotatable bonds is 4. The van der Waals surface area contributed by atoms with Gasteiger partial charge in [-0.2, -0.15) is 17.9 Å². The van der Waals surface area contributed by atoms with Crippen molar-refractivity contribution >= 4 is 21.6 Å². The minimum atomic E-state index is -4.63. The summed E-state index contributed by atoms with van der Waals surface area (Å²) >= 11 is 5.71. The molecule has 1 fully saturated rings. The van der Waals surface area contributed by atoms with Crippen molar-refractivity contribution in [1.29, 1.82) is 0 Å². The molecule has 0 atom stereocenters. The first-order valence-electron chi connectivity index (χ1n) is 5.61. The summed E-state index contributed by atoms with van der Waals surface area (Å²) in [7, 11) is -4.33. The number of nitrogens with one attached hydrogen (secondary N) is 1. The third kappa shape index (κ3) is 2.78. The standard InChI is InChI=1S/C11H11ClF3NO3S/c12-9-2-1-8(5-7(9)6-17)20(18,19)16-10(3-4-10)11(13,14)15/h1-2,5,16-17H,3-4,6H2. The summed E-state index contributed by atoms with van der Waals surface area (Å²) in [6, 6.07) is 3.36. The van der Waals surface area contributed by atoms with Crippen molar-refractivity contribution in [3.05, 3.63) is 28.8 Å². The van der Waals surface area contributed by atoms with Crippen LogP contribution in [0.5, 0.6) is 0 Å². The maximum Gasteiger partial charge on any atom is 0.407 e. The molecule has 0 spiro atoms. The highest BCUT2D eigenvalue weighted by Gasteiger charge is 2.65. The predicted molar refractivity (Wildman–Crippen MR) is 65.7 cm³/mol. The molecule has 1 aliphatic carbocycles. The molecule has 0 saturated heterocycles. The molecule has 0 amide bonds. The van der Waals surface area contributed by atoms with Crippen molar-refractivity contribution in [3.8, 4) is 0 Å². The number of aliphatic hydroxyl groups is 1. The average Bonchev–Trinajstić information content (AvgIpc) is 3.09. The zero-order chi connectivity index (χ0) is 15.2. The third-order valence-corrected chi connectivity index (χ3v) is 5.02. The molecule has 0 radical (unpaired) electrons. The second-order valence-corrected chi connectivity index (χ2v) is 6.69. The van der Waals surface area contributed by atoms with Crippen molar-refractivity contribution in [1.82, 2.24) is 4.72 Å². The molecule has 0 bridgehead atoms. The maximum absolute atomic E-state index is 12.8. The Kier molecular flexibility index (Phi) is 3.79. The lowest BCUT2D eigenvalue weighted by molar-refractivity contribution is -0.160. The SMILES string of the molecule is O=S(=O)(NC1(C(F)(F)F)CC1)c1ccc(Cl)c(CO)c1. The van der Waals surface area contributed by atoms with Gasteiger partial charge in [-0.1, -0.05) is 11.6 Å². The van der Waals surface area contributed by atoms with Crippen LogP contribution >= 0.6 is 11.6 Å². The quantitative estimate of drug-likeness (QED) is 0.890. The largest absolute Gasteiger partial charge is 0.407 e. The van der Waals surface area contributed by atoms with E-state index >= 15 is 0 Å². The number of hydrogen-bond acceptors (Lipinski definition) is 3. The van der Waals surface area contributed by atoms with Crippen LogP contribution in [0.15, 0.2) is 23.1 Å². The molecule has 2 rings (SSSR count). The number of hydrogen-bond donors (Lipinski definition) is 2. The van der Waals surface area contributed by atoms with Gasteiger partial charge in [0.2, 0.25) is 10.0 Å². The van der Waals surface area contributed by atoms with Gasteiger partial charge in [-0.3, -0.25) is 0 Å². The first-order chi connectivity index (χ1) is 9.11. The minimum Gasteiger partial charge on any atom is -0.392 e. The van der Waals surface area contributed by atoms with Crippen LogP contribution in [-0.2, 0) is 16.6 Å². The fourth-order valence-corrected chi connectivity index (χ4v) is 3.40. The predicted octanol–water partition coefficient (Wildman–Crippen LogP) is 2.21. The molecule has 2 N–H and O–H groups in total. The second kappa shape index (κ2) is 4.87. The molecule has 1 aromatic rings. The van der Waals surface area contributed by atoms with Gasteiger partial charge in [0.1, 0.15) is 5.54 Å². The Morgan fingerprint density at radius 2 is 1.95 bits per heavy atom. The molecule has 0 aromatic heterocycles. The fourth-order valence-electron chi connectivity index (χ4n) is 1.72. The summed E-state index contributed by atoms with van der Waals surface area (Å²) in [6.45, 7) is -0.507. The molecule has 0 unspecified atom stereocenters. The summed E-state index contributed by atoms with van der Waals surface area (Å²) < 4.78 is 63.9. The lowest BCUT2D eigenvalue weighted by atomic mass is 10.2. The molecule has 0 aliphatic heterocycles. The van der Waals surface area contributed by atoms with Gasteiger partial charge >= 0.3 is 6.18 Å². The van der Waals surface area contributed by atoms with E-state index in [9.17, 15) is 21.6 Å². The summed E-state index contributed by atoms with van der Waals surface area (Å²) in [5.41, 5.74) is -2.24. The number of alkyl halides is 3. The lowest BCUT2D eigenvalue weighted by Crippen LogP contribution is -2.47. The van der Waals surface area contributed by atoms with Crippen LogP contribution in [0, 0.1) is 0 Å². The van der Waals surface area contributed by atoms with E-state index in [0.29, 0.717) is 0 Å². The maximum atomic E-state index is 12.8. The molecular weight excluding hydrogens is 319 g/mol. The number of halogens is 4. The van der Waals surface area contributed by atoms with E-state index in [2.05, 4.69) is 0 Å². The van der Waals surface area contributed by atoms with E-state index in [1.165, 1.54) is 6.07 Å². The van der Waals surface area contributed by atoms with Crippen LogP contribution in [0.3, 0.4) is 0 Å². The van der Waals surface area contributed by atoms with Crippen molar-refractivity contribution in [3.63, 3.8) is 0 Å². The molecule has 1 aliphatic rings. The van der Waals surface area contributed by atoms with Crippen LogP contribution in [0.2, 0.25) is 5.02 Å². The molecule has 4 nitrogen and oxygen atoms in total. The van der Waals surface area contributed by atoms with Gasteiger partial charge in [-0.05, 0) is 36.6 Å². The Morgan fingerprint density at radius 1 is 1.35 bits per heavy atom. The highest BCUT2D eigenvalue weighted by molar-refractivity contribution is 7.89. The zero-order valence-electron chi connectivity index (χ0n) is 10.0. The van der Waals surface area contributed by atoms with Gasteiger partial charge in [-0.15, -0.1) is 0 Å². The first kappa shape index (κ1) is 15.6. The highest BCUT2D eigenvalue weighted by atomic mass is 35.5. The van der Waals surface area contributed by atoms with Crippen LogP contribution in [0.1, 0.15) is 18.4 Å². The van der Waals surface area contributed by atoms with Gasteiger partial charge in [0, 0.05) is 5.02 Å². The summed E-state index contributed by atoms with van der Waals surface area (Å²) in [4.78, 5) is -0.360. The van der Waals surface area contributed by atoms with Gasteiger partial charge in [0.25, 0.3) is 0 Å². The topological polar surface area (TPSA) is 66.4 Å². The summed E-state index contributed by atoms with van der Waals surface area (Å²) in [5.74, 6) is 0. The number of benzene rings is 1. The Bertz CT molecular complexity index is 626.